The number of hydrogen-bond acceptors (Lipinski definition) is 3. The lowest BCUT2D eigenvalue weighted by molar-refractivity contribution is 0.208. The quantitative estimate of drug-likeness (QED) is 0.741. The molecule has 6 nitrogen and oxygen atoms in total. The van der Waals surface area contributed by atoms with Crippen molar-refractivity contribution in [3.8, 4) is 6.07 Å². The molecule has 3 rings (SSSR count). The summed E-state index contributed by atoms with van der Waals surface area (Å²) >= 11 is 0. The van der Waals surface area contributed by atoms with Gasteiger partial charge in [-0.25, -0.2) is 9.18 Å². The first-order chi connectivity index (χ1) is 12.9. The Bertz CT molecular complexity index is 1120. The molecule has 0 saturated carbocycles. The van der Waals surface area contributed by atoms with Crippen molar-refractivity contribution < 1.29 is 9.18 Å². The van der Waals surface area contributed by atoms with Gasteiger partial charge in [-0.3, -0.25) is 4.79 Å². The highest BCUT2D eigenvalue weighted by Crippen LogP contribution is 2.26. The Morgan fingerprint density at radius 2 is 1.93 bits per heavy atom. The Kier molecular flexibility index (Phi) is 4.90. The van der Waals surface area contributed by atoms with Crippen LogP contribution in [0, 0.1) is 17.1 Å². The number of carbonyl (C=O) groups is 1. The van der Waals surface area contributed by atoms with Crippen LogP contribution in [0.3, 0.4) is 0 Å². The van der Waals surface area contributed by atoms with Crippen LogP contribution in [-0.2, 0) is 0 Å². The molecule has 2 aromatic carbocycles. The molecular formula is C20H17FN4O2. The monoisotopic (exact) mass is 364 g/mol. The van der Waals surface area contributed by atoms with Gasteiger partial charge in [-0.1, -0.05) is 24.3 Å². The second-order valence-electron chi connectivity index (χ2n) is 6.11. The lowest BCUT2D eigenvalue weighted by Crippen LogP contribution is -2.34. The predicted octanol–water partition coefficient (Wildman–Crippen LogP) is 3.76. The maximum absolute atomic E-state index is 14.2. The molecule has 0 spiro atoms. The minimum atomic E-state index is -0.774. The van der Waals surface area contributed by atoms with Crippen molar-refractivity contribution in [1.29, 1.82) is 5.26 Å². The van der Waals surface area contributed by atoms with Crippen LogP contribution in [0.5, 0.6) is 0 Å². The van der Waals surface area contributed by atoms with Gasteiger partial charge in [0.05, 0.1) is 17.3 Å². The summed E-state index contributed by atoms with van der Waals surface area (Å²) in [6.07, 6.45) is 1.58. The zero-order valence-corrected chi connectivity index (χ0v) is 14.8. The van der Waals surface area contributed by atoms with Crippen molar-refractivity contribution in [2.75, 3.05) is 12.4 Å². The number of fused-ring (bicyclic) bond motifs is 1. The third-order valence-electron chi connectivity index (χ3n) is 4.55. The van der Waals surface area contributed by atoms with Gasteiger partial charge in [0.2, 0.25) is 0 Å². The first-order valence-corrected chi connectivity index (χ1v) is 8.26. The summed E-state index contributed by atoms with van der Waals surface area (Å²) in [5.41, 5.74) is 0.345. The fourth-order valence-electron chi connectivity index (χ4n) is 2.88. The number of benzene rings is 2. The molecule has 0 aliphatic carbocycles. The Hall–Kier alpha value is -3.66. The van der Waals surface area contributed by atoms with Crippen molar-refractivity contribution in [2.45, 2.75) is 13.0 Å². The fourth-order valence-corrected chi connectivity index (χ4v) is 2.88. The van der Waals surface area contributed by atoms with E-state index in [0.29, 0.717) is 5.39 Å². The number of nitrogens with zero attached hydrogens (tertiary/aromatic N) is 2. The number of hydrogen-bond donors (Lipinski definition) is 2. The van der Waals surface area contributed by atoms with Gasteiger partial charge in [-0.15, -0.1) is 0 Å². The van der Waals surface area contributed by atoms with E-state index in [9.17, 15) is 14.0 Å². The lowest BCUT2D eigenvalue weighted by Gasteiger charge is -2.26. The number of nitrogens with one attached hydrogen (secondary N) is 2. The molecule has 0 radical (unpaired) electrons. The van der Waals surface area contributed by atoms with E-state index in [1.165, 1.54) is 23.1 Å². The van der Waals surface area contributed by atoms with Crippen molar-refractivity contribution in [3.05, 3.63) is 76.0 Å². The van der Waals surface area contributed by atoms with Crippen molar-refractivity contribution >= 4 is 22.5 Å². The second kappa shape index (κ2) is 7.30. The molecule has 7 heteroatoms. The number of H-pyrrole nitrogens is 1. The molecule has 1 unspecified atom stereocenters. The Labute approximate surface area is 154 Å². The van der Waals surface area contributed by atoms with Crippen LogP contribution < -0.4 is 10.9 Å². The van der Waals surface area contributed by atoms with Crippen LogP contribution in [0.15, 0.2) is 53.5 Å². The smallest absolute Gasteiger partial charge is 0.322 e. The molecule has 0 aliphatic heterocycles. The van der Waals surface area contributed by atoms with Crippen LogP contribution in [0.1, 0.15) is 24.1 Å². The van der Waals surface area contributed by atoms with Gasteiger partial charge in [-0.2, -0.15) is 5.26 Å². The highest BCUT2D eigenvalue weighted by Gasteiger charge is 2.21. The van der Waals surface area contributed by atoms with Gasteiger partial charge in [0.15, 0.2) is 5.82 Å². The van der Waals surface area contributed by atoms with E-state index >= 15 is 0 Å². The first kappa shape index (κ1) is 18.1. The van der Waals surface area contributed by atoms with Gasteiger partial charge in [-0.05, 0) is 36.1 Å². The molecule has 1 atom stereocenters. The molecule has 0 saturated heterocycles. The molecule has 0 bridgehead atoms. The minimum Gasteiger partial charge on any atom is -0.328 e. The molecule has 1 heterocycles. The SMILES string of the molecule is CC(c1c[nH]c(=O)c2ccccc12)N(C)C(=O)Nc1cccc(C#N)c1F. The molecule has 27 heavy (non-hydrogen) atoms. The fraction of sp³-hybridized carbons (Fsp3) is 0.150. The molecule has 0 aliphatic rings. The number of rotatable bonds is 3. The van der Waals surface area contributed by atoms with Crippen LogP contribution in [0.2, 0.25) is 0 Å². The predicted molar refractivity (Wildman–Crippen MR) is 101 cm³/mol. The highest BCUT2D eigenvalue weighted by molar-refractivity contribution is 5.91. The normalized spacial score (nSPS) is 11.6. The second-order valence-corrected chi connectivity index (χ2v) is 6.11. The lowest BCUT2D eigenvalue weighted by atomic mass is 10.0. The third-order valence-corrected chi connectivity index (χ3v) is 4.55. The van der Waals surface area contributed by atoms with E-state index in [1.54, 1.807) is 31.4 Å². The molecule has 136 valence electrons. The molecule has 1 aromatic heterocycles. The highest BCUT2D eigenvalue weighted by atomic mass is 19.1. The van der Waals surface area contributed by atoms with Gasteiger partial charge < -0.3 is 15.2 Å². The van der Waals surface area contributed by atoms with Crippen LogP contribution >= 0.6 is 0 Å². The Balaban J connectivity index is 1.89. The number of aromatic amines is 1. The van der Waals surface area contributed by atoms with E-state index in [4.69, 9.17) is 5.26 Å². The third kappa shape index (κ3) is 3.37. The molecule has 2 amide bonds. The van der Waals surface area contributed by atoms with Crippen LogP contribution in [0.25, 0.3) is 10.8 Å². The number of urea groups is 1. The summed E-state index contributed by atoms with van der Waals surface area (Å²) in [5, 5.41) is 12.7. The van der Waals surface area contributed by atoms with E-state index in [0.717, 1.165) is 10.9 Å². The van der Waals surface area contributed by atoms with Crippen molar-refractivity contribution in [2.24, 2.45) is 0 Å². The first-order valence-electron chi connectivity index (χ1n) is 8.26. The van der Waals surface area contributed by atoms with Crippen molar-refractivity contribution in [1.82, 2.24) is 9.88 Å². The molecule has 2 N–H and O–H groups in total. The maximum atomic E-state index is 14.2. The van der Waals surface area contributed by atoms with Gasteiger partial charge >= 0.3 is 6.03 Å². The number of aromatic nitrogens is 1. The van der Waals surface area contributed by atoms with Crippen molar-refractivity contribution in [3.63, 3.8) is 0 Å². The van der Waals surface area contributed by atoms with E-state index in [2.05, 4.69) is 10.3 Å². The Morgan fingerprint density at radius 1 is 1.22 bits per heavy atom. The number of nitriles is 1. The molecular weight excluding hydrogens is 347 g/mol. The standard InChI is InChI=1S/C20H17FN4O2/c1-12(16-11-23-19(26)15-8-4-3-7-14(15)16)25(2)20(27)24-17-9-5-6-13(10-22)18(17)21/h3-9,11-12H,1-2H3,(H,23,26)(H,24,27). The van der Waals surface area contributed by atoms with Gasteiger partial charge in [0.25, 0.3) is 5.56 Å². The maximum Gasteiger partial charge on any atom is 0.322 e. The van der Waals surface area contributed by atoms with E-state index in [-0.39, 0.29) is 16.8 Å². The van der Waals surface area contributed by atoms with Gasteiger partial charge in [0, 0.05) is 18.6 Å². The minimum absolute atomic E-state index is 0.0653. The summed E-state index contributed by atoms with van der Waals surface area (Å²) in [6, 6.07) is 12.2. The average Bonchev–Trinajstić information content (AvgIpc) is 2.69. The topological polar surface area (TPSA) is 89.0 Å². The average molecular weight is 364 g/mol. The summed E-state index contributed by atoms with van der Waals surface area (Å²) in [5.74, 6) is -0.774. The van der Waals surface area contributed by atoms with Gasteiger partial charge in [0.1, 0.15) is 6.07 Å². The number of halogens is 1. The molecule has 3 aromatic rings. The summed E-state index contributed by atoms with van der Waals surface area (Å²) in [4.78, 5) is 28.6. The largest absolute Gasteiger partial charge is 0.328 e. The number of amides is 2. The summed E-state index contributed by atoms with van der Waals surface area (Å²) in [6.45, 7) is 1.81. The van der Waals surface area contributed by atoms with Crippen LogP contribution in [-0.4, -0.2) is 23.0 Å². The number of carbonyl (C=O) groups excluding carboxylic acids is 1. The van der Waals surface area contributed by atoms with Crippen LogP contribution in [0.4, 0.5) is 14.9 Å². The van der Waals surface area contributed by atoms with E-state index < -0.39 is 17.9 Å². The Morgan fingerprint density at radius 3 is 2.63 bits per heavy atom. The zero-order chi connectivity index (χ0) is 19.6. The number of anilines is 1. The number of pyridine rings is 1. The summed E-state index contributed by atoms with van der Waals surface area (Å²) in [7, 11) is 1.58. The summed E-state index contributed by atoms with van der Waals surface area (Å²) < 4.78 is 14.2. The molecule has 0 fully saturated rings. The van der Waals surface area contributed by atoms with E-state index in [1.807, 2.05) is 19.1 Å². The zero-order valence-electron chi connectivity index (χ0n) is 14.8.